The smallest absolute Gasteiger partial charge is 0.352 e. The van der Waals surface area contributed by atoms with E-state index in [0.29, 0.717) is 24.4 Å². The number of sulfonamides is 1. The molecule has 8 heteroatoms. The van der Waals surface area contributed by atoms with E-state index in [0.717, 1.165) is 11.6 Å². The lowest BCUT2D eigenvalue weighted by Gasteiger charge is -2.18. The first-order chi connectivity index (χ1) is 10.4. The molecule has 2 aromatic rings. The molecule has 0 atom stereocenters. The van der Waals surface area contributed by atoms with E-state index >= 15 is 0 Å². The fourth-order valence-corrected chi connectivity index (χ4v) is 4.00. The maximum atomic E-state index is 12.7. The van der Waals surface area contributed by atoms with Crippen molar-refractivity contribution < 1.29 is 23.1 Å². The topological polar surface area (TPSA) is 99.7 Å². The molecule has 3 rings (SSSR count). The average molecular weight is 322 g/mol. The largest absolute Gasteiger partial charge is 0.497 e. The van der Waals surface area contributed by atoms with Crippen molar-refractivity contribution in [1.82, 2.24) is 4.98 Å². The Hall–Kier alpha value is -2.48. The van der Waals surface area contributed by atoms with Crippen LogP contribution in [0.4, 0.5) is 5.69 Å². The summed E-state index contributed by atoms with van der Waals surface area (Å²) in [6, 6.07) is 6.33. The van der Waals surface area contributed by atoms with Crippen molar-refractivity contribution in [3.63, 3.8) is 0 Å². The van der Waals surface area contributed by atoms with E-state index in [9.17, 15) is 13.2 Å². The fourth-order valence-electron chi connectivity index (χ4n) is 2.50. The Bertz CT molecular complexity index is 841. The third-order valence-electron chi connectivity index (χ3n) is 3.61. The van der Waals surface area contributed by atoms with Gasteiger partial charge in [-0.05, 0) is 36.2 Å². The summed E-state index contributed by atoms with van der Waals surface area (Å²) in [5.41, 5.74) is 1.32. The van der Waals surface area contributed by atoms with E-state index in [1.165, 1.54) is 10.5 Å². The fraction of sp³-hybridized carbons (Fsp3) is 0.214. The molecular formula is C14H14N2O5S. The number of H-pyrrole nitrogens is 1. The molecule has 116 valence electrons. The monoisotopic (exact) mass is 322 g/mol. The molecular weight excluding hydrogens is 308 g/mol. The van der Waals surface area contributed by atoms with Gasteiger partial charge in [0.15, 0.2) is 0 Å². The molecule has 0 unspecified atom stereocenters. The van der Waals surface area contributed by atoms with Crippen LogP contribution in [-0.2, 0) is 16.4 Å². The van der Waals surface area contributed by atoms with Gasteiger partial charge in [0.05, 0.1) is 12.8 Å². The number of methoxy groups -OCH3 is 1. The van der Waals surface area contributed by atoms with Gasteiger partial charge in [0.1, 0.15) is 16.3 Å². The van der Waals surface area contributed by atoms with E-state index in [4.69, 9.17) is 9.84 Å². The molecule has 0 fully saturated rings. The maximum Gasteiger partial charge on any atom is 0.352 e. The van der Waals surface area contributed by atoms with Crippen LogP contribution in [0.3, 0.4) is 0 Å². The second kappa shape index (κ2) is 5.06. The van der Waals surface area contributed by atoms with Gasteiger partial charge in [0.25, 0.3) is 10.0 Å². The van der Waals surface area contributed by atoms with Crippen LogP contribution < -0.4 is 9.04 Å². The van der Waals surface area contributed by atoms with Gasteiger partial charge in [-0.2, -0.15) is 0 Å². The number of aromatic amines is 1. The van der Waals surface area contributed by atoms with Gasteiger partial charge in [0, 0.05) is 12.7 Å². The molecule has 1 aromatic heterocycles. The van der Waals surface area contributed by atoms with Crippen LogP contribution in [0.5, 0.6) is 5.75 Å². The van der Waals surface area contributed by atoms with Gasteiger partial charge in [-0.25, -0.2) is 13.2 Å². The molecule has 0 saturated carbocycles. The predicted molar refractivity (Wildman–Crippen MR) is 79.0 cm³/mol. The van der Waals surface area contributed by atoms with Crippen molar-refractivity contribution in [3.05, 3.63) is 41.7 Å². The highest BCUT2D eigenvalue weighted by Crippen LogP contribution is 2.35. The first-order valence-corrected chi connectivity index (χ1v) is 7.99. The van der Waals surface area contributed by atoms with Gasteiger partial charge in [-0.15, -0.1) is 0 Å². The number of carbonyl (C=O) groups is 1. The molecule has 0 saturated heterocycles. The zero-order valence-electron chi connectivity index (χ0n) is 11.7. The highest BCUT2D eigenvalue weighted by atomic mass is 32.2. The number of carboxylic acid groups (broad SMARTS) is 1. The van der Waals surface area contributed by atoms with Gasteiger partial charge < -0.3 is 14.8 Å². The molecule has 2 heterocycles. The molecule has 0 radical (unpaired) electrons. The second-order valence-corrected chi connectivity index (χ2v) is 6.74. The Morgan fingerprint density at radius 1 is 1.36 bits per heavy atom. The molecule has 0 spiro atoms. The number of rotatable bonds is 4. The number of nitrogens with one attached hydrogen (secondary N) is 1. The standard InChI is InChI=1S/C14H14N2O5S/c1-21-10-2-3-13-9(6-10)4-5-16(13)22(19,20)11-7-12(14(17)18)15-8-11/h2-3,6-8,15H,4-5H2,1H3,(H,17,18). The van der Waals surface area contributed by atoms with Crippen LogP contribution in [0.1, 0.15) is 16.1 Å². The number of benzene rings is 1. The van der Waals surface area contributed by atoms with Crippen LogP contribution in [0, 0.1) is 0 Å². The van der Waals surface area contributed by atoms with Crippen molar-refractivity contribution in [2.75, 3.05) is 18.0 Å². The Morgan fingerprint density at radius 2 is 2.14 bits per heavy atom. The van der Waals surface area contributed by atoms with Crippen LogP contribution in [0.15, 0.2) is 35.4 Å². The van der Waals surface area contributed by atoms with E-state index in [1.807, 2.05) is 6.07 Å². The van der Waals surface area contributed by atoms with Crippen molar-refractivity contribution in [2.45, 2.75) is 11.3 Å². The predicted octanol–water partition coefficient (Wildman–Crippen LogP) is 1.47. The highest BCUT2D eigenvalue weighted by Gasteiger charge is 2.32. The highest BCUT2D eigenvalue weighted by molar-refractivity contribution is 7.92. The number of fused-ring (bicyclic) bond motifs is 1. The lowest BCUT2D eigenvalue weighted by molar-refractivity contribution is 0.0691. The van der Waals surface area contributed by atoms with Crippen LogP contribution in [0.25, 0.3) is 0 Å². The zero-order chi connectivity index (χ0) is 15.9. The van der Waals surface area contributed by atoms with Crippen LogP contribution >= 0.6 is 0 Å². The average Bonchev–Trinajstić information content (AvgIpc) is 3.13. The Labute approximate surface area is 127 Å². The van der Waals surface area contributed by atoms with Gasteiger partial charge in [0.2, 0.25) is 0 Å². The molecule has 1 aromatic carbocycles. The first-order valence-electron chi connectivity index (χ1n) is 6.55. The number of anilines is 1. The third-order valence-corrected chi connectivity index (χ3v) is 5.41. The third kappa shape index (κ3) is 2.21. The van der Waals surface area contributed by atoms with Crippen molar-refractivity contribution in [2.24, 2.45) is 0 Å². The summed E-state index contributed by atoms with van der Waals surface area (Å²) >= 11 is 0. The number of aromatic carboxylic acids is 1. The number of ether oxygens (including phenoxy) is 1. The summed E-state index contributed by atoms with van der Waals surface area (Å²) < 4.78 is 31.8. The summed E-state index contributed by atoms with van der Waals surface area (Å²) in [5, 5.41) is 8.89. The lowest BCUT2D eigenvalue weighted by Crippen LogP contribution is -2.28. The maximum absolute atomic E-state index is 12.7. The minimum absolute atomic E-state index is 0.0615. The Kier molecular flexibility index (Phi) is 3.32. The summed E-state index contributed by atoms with van der Waals surface area (Å²) in [6.07, 6.45) is 1.78. The van der Waals surface area contributed by atoms with Gasteiger partial charge >= 0.3 is 5.97 Å². The molecule has 0 amide bonds. The molecule has 0 bridgehead atoms. The number of aromatic nitrogens is 1. The van der Waals surface area contributed by atoms with Crippen LogP contribution in [-0.4, -0.2) is 38.1 Å². The number of nitrogens with zero attached hydrogens (tertiary/aromatic N) is 1. The summed E-state index contributed by atoms with van der Waals surface area (Å²) in [7, 11) is -2.23. The molecule has 22 heavy (non-hydrogen) atoms. The van der Waals surface area contributed by atoms with E-state index in [-0.39, 0.29) is 10.6 Å². The molecule has 0 aliphatic carbocycles. The van der Waals surface area contributed by atoms with E-state index in [2.05, 4.69) is 4.98 Å². The van der Waals surface area contributed by atoms with Gasteiger partial charge in [-0.1, -0.05) is 0 Å². The summed E-state index contributed by atoms with van der Waals surface area (Å²) in [6.45, 7) is 0.318. The Balaban J connectivity index is 2.00. The molecule has 1 aliphatic heterocycles. The van der Waals surface area contributed by atoms with E-state index in [1.54, 1.807) is 19.2 Å². The van der Waals surface area contributed by atoms with Crippen molar-refractivity contribution >= 4 is 21.7 Å². The molecule has 7 nitrogen and oxygen atoms in total. The SMILES string of the molecule is COc1ccc2c(c1)CCN2S(=O)(=O)c1c[nH]c(C(=O)O)c1. The summed E-state index contributed by atoms with van der Waals surface area (Å²) in [5.74, 6) is -0.527. The van der Waals surface area contributed by atoms with Crippen LogP contribution in [0.2, 0.25) is 0 Å². The Morgan fingerprint density at radius 3 is 2.77 bits per heavy atom. The number of carboxylic acids is 1. The second-order valence-electron chi connectivity index (χ2n) is 4.88. The molecule has 2 N–H and O–H groups in total. The number of hydrogen-bond donors (Lipinski definition) is 2. The van der Waals surface area contributed by atoms with E-state index < -0.39 is 16.0 Å². The summed E-state index contributed by atoms with van der Waals surface area (Å²) in [4.78, 5) is 13.3. The molecule has 1 aliphatic rings. The van der Waals surface area contributed by atoms with Crippen molar-refractivity contribution in [1.29, 1.82) is 0 Å². The quantitative estimate of drug-likeness (QED) is 0.888. The normalized spacial score (nSPS) is 14.0. The first kappa shape index (κ1) is 14.5. The zero-order valence-corrected chi connectivity index (χ0v) is 12.6. The number of hydrogen-bond acceptors (Lipinski definition) is 4. The lowest BCUT2D eigenvalue weighted by atomic mass is 10.1. The van der Waals surface area contributed by atoms with Crippen molar-refractivity contribution in [3.8, 4) is 5.75 Å². The van der Waals surface area contributed by atoms with Gasteiger partial charge in [-0.3, -0.25) is 4.31 Å². The minimum Gasteiger partial charge on any atom is -0.497 e. The minimum atomic E-state index is -3.79.